The summed E-state index contributed by atoms with van der Waals surface area (Å²) in [7, 11) is 0. The van der Waals surface area contributed by atoms with E-state index in [4.69, 9.17) is 0 Å². The topological polar surface area (TPSA) is 12.0 Å². The third-order valence-corrected chi connectivity index (χ3v) is 5.73. The molecule has 2 heteroatoms. The summed E-state index contributed by atoms with van der Waals surface area (Å²) in [6.45, 7) is 5.66. The maximum Gasteiger partial charge on any atom is 0.0443 e. The Morgan fingerprint density at radius 1 is 1.15 bits per heavy atom. The normalized spacial score (nSPS) is 21.9. The summed E-state index contributed by atoms with van der Waals surface area (Å²) in [6, 6.07) is 13.9. The van der Waals surface area contributed by atoms with Crippen molar-refractivity contribution in [1.82, 2.24) is 5.32 Å². The molecule has 0 saturated heterocycles. The van der Waals surface area contributed by atoms with E-state index in [1.165, 1.54) is 29.2 Å². The quantitative estimate of drug-likeness (QED) is 0.857. The zero-order valence-corrected chi connectivity index (χ0v) is 13.2. The molecule has 2 aromatic rings. The Kier molecular flexibility index (Phi) is 4.32. The van der Waals surface area contributed by atoms with Crippen LogP contribution in [0, 0.1) is 0 Å². The number of rotatable bonds is 4. The van der Waals surface area contributed by atoms with Crippen molar-refractivity contribution in [2.24, 2.45) is 0 Å². The fourth-order valence-electron chi connectivity index (χ4n) is 3.19. The Bertz CT molecular complexity index is 593. The number of hydrogen-bond donors (Lipinski definition) is 1. The van der Waals surface area contributed by atoms with Gasteiger partial charge in [-0.1, -0.05) is 50.2 Å². The number of thioether (sulfide) groups is 1. The summed E-state index contributed by atoms with van der Waals surface area (Å²) >= 11 is 2.12. The van der Waals surface area contributed by atoms with Crippen LogP contribution in [-0.4, -0.2) is 11.8 Å². The van der Waals surface area contributed by atoms with Gasteiger partial charge in [0.25, 0.3) is 0 Å². The van der Waals surface area contributed by atoms with E-state index < -0.39 is 0 Å². The van der Waals surface area contributed by atoms with Gasteiger partial charge in [0.2, 0.25) is 0 Å². The molecule has 0 amide bonds. The van der Waals surface area contributed by atoms with Crippen molar-refractivity contribution >= 4 is 22.5 Å². The van der Waals surface area contributed by atoms with Crippen LogP contribution >= 0.6 is 11.8 Å². The van der Waals surface area contributed by atoms with Crippen LogP contribution < -0.4 is 5.32 Å². The summed E-state index contributed by atoms with van der Waals surface area (Å²) < 4.78 is 0. The highest BCUT2D eigenvalue weighted by molar-refractivity contribution is 7.99. The Morgan fingerprint density at radius 3 is 2.80 bits per heavy atom. The first-order chi connectivity index (χ1) is 9.85. The number of benzene rings is 2. The van der Waals surface area contributed by atoms with Gasteiger partial charge in [-0.15, -0.1) is 0 Å². The smallest absolute Gasteiger partial charge is 0.0443 e. The maximum atomic E-state index is 3.77. The van der Waals surface area contributed by atoms with Crippen molar-refractivity contribution in [1.29, 1.82) is 0 Å². The molecule has 1 N–H and O–H groups in total. The van der Waals surface area contributed by atoms with E-state index in [1.807, 2.05) is 0 Å². The molecule has 0 radical (unpaired) electrons. The minimum atomic E-state index is 0.512. The van der Waals surface area contributed by atoms with Crippen molar-refractivity contribution in [3.05, 3.63) is 47.5 Å². The SMILES string of the molecule is CCCNC1c2ccc3ccccc3c2CSC1CC. The number of fused-ring (bicyclic) bond motifs is 3. The first-order valence-electron chi connectivity index (χ1n) is 7.70. The van der Waals surface area contributed by atoms with Gasteiger partial charge in [-0.3, -0.25) is 0 Å². The summed E-state index contributed by atoms with van der Waals surface area (Å²) in [4.78, 5) is 0. The summed E-state index contributed by atoms with van der Waals surface area (Å²) in [5.74, 6) is 1.15. The molecule has 0 aliphatic carbocycles. The molecule has 3 rings (SSSR count). The molecule has 0 aromatic heterocycles. The molecule has 106 valence electrons. The second kappa shape index (κ2) is 6.19. The molecular weight excluding hydrogens is 262 g/mol. The zero-order valence-electron chi connectivity index (χ0n) is 12.4. The summed E-state index contributed by atoms with van der Waals surface area (Å²) in [6.07, 6.45) is 2.43. The van der Waals surface area contributed by atoms with E-state index in [2.05, 4.69) is 67.3 Å². The van der Waals surface area contributed by atoms with E-state index in [0.717, 1.165) is 12.3 Å². The predicted octanol–water partition coefficient (Wildman–Crippen LogP) is 4.91. The highest BCUT2D eigenvalue weighted by atomic mass is 32.2. The van der Waals surface area contributed by atoms with Gasteiger partial charge in [-0.2, -0.15) is 11.8 Å². The van der Waals surface area contributed by atoms with Gasteiger partial charge in [0, 0.05) is 17.0 Å². The van der Waals surface area contributed by atoms with Crippen molar-refractivity contribution in [3.8, 4) is 0 Å². The molecule has 1 aliphatic heterocycles. The second-order valence-electron chi connectivity index (χ2n) is 5.54. The van der Waals surface area contributed by atoms with E-state index in [0.29, 0.717) is 11.3 Å². The van der Waals surface area contributed by atoms with Crippen molar-refractivity contribution in [2.45, 2.75) is 43.7 Å². The highest BCUT2D eigenvalue weighted by Gasteiger charge is 2.29. The average molecular weight is 285 g/mol. The summed E-state index contributed by atoms with van der Waals surface area (Å²) in [5.41, 5.74) is 3.08. The summed E-state index contributed by atoms with van der Waals surface area (Å²) in [5, 5.41) is 7.29. The maximum absolute atomic E-state index is 3.77. The molecular formula is C18H23NS. The standard InChI is InChI=1S/C18H23NS/c1-3-11-19-18-15-10-9-13-7-5-6-8-14(13)16(15)12-20-17(18)4-2/h5-10,17-19H,3-4,11-12H2,1-2H3. The van der Waals surface area contributed by atoms with Gasteiger partial charge in [0.1, 0.15) is 0 Å². The largest absolute Gasteiger partial charge is 0.309 e. The molecule has 2 unspecified atom stereocenters. The van der Waals surface area contributed by atoms with E-state index in [-0.39, 0.29) is 0 Å². The van der Waals surface area contributed by atoms with Gasteiger partial charge < -0.3 is 5.32 Å². The lowest BCUT2D eigenvalue weighted by Crippen LogP contribution is -2.33. The lowest BCUT2D eigenvalue weighted by molar-refractivity contribution is 0.499. The Morgan fingerprint density at radius 2 is 2.00 bits per heavy atom. The fraction of sp³-hybridized carbons (Fsp3) is 0.444. The third-order valence-electron chi connectivity index (χ3n) is 4.24. The van der Waals surface area contributed by atoms with Crippen LogP contribution in [-0.2, 0) is 5.75 Å². The first-order valence-corrected chi connectivity index (χ1v) is 8.75. The van der Waals surface area contributed by atoms with Gasteiger partial charge in [0.05, 0.1) is 0 Å². The minimum absolute atomic E-state index is 0.512. The Balaban J connectivity index is 2.06. The van der Waals surface area contributed by atoms with Crippen LogP contribution in [0.5, 0.6) is 0 Å². The first kappa shape index (κ1) is 14.0. The second-order valence-corrected chi connectivity index (χ2v) is 6.77. The van der Waals surface area contributed by atoms with Crippen LogP contribution in [0.1, 0.15) is 43.9 Å². The number of nitrogens with one attached hydrogen (secondary N) is 1. The predicted molar refractivity (Wildman–Crippen MR) is 90.4 cm³/mol. The van der Waals surface area contributed by atoms with E-state index >= 15 is 0 Å². The van der Waals surface area contributed by atoms with Gasteiger partial charge in [0.15, 0.2) is 0 Å². The van der Waals surface area contributed by atoms with Crippen molar-refractivity contribution < 1.29 is 0 Å². The Hall–Kier alpha value is -0.990. The van der Waals surface area contributed by atoms with Crippen LogP contribution in [0.4, 0.5) is 0 Å². The molecule has 1 aliphatic rings. The van der Waals surface area contributed by atoms with Crippen LogP contribution in [0.3, 0.4) is 0 Å². The minimum Gasteiger partial charge on any atom is -0.309 e. The molecule has 0 saturated carbocycles. The molecule has 0 bridgehead atoms. The highest BCUT2D eigenvalue weighted by Crippen LogP contribution is 2.41. The molecule has 2 atom stereocenters. The van der Waals surface area contributed by atoms with Gasteiger partial charge >= 0.3 is 0 Å². The fourth-order valence-corrected chi connectivity index (χ4v) is 4.56. The van der Waals surface area contributed by atoms with Crippen LogP contribution in [0.2, 0.25) is 0 Å². The van der Waals surface area contributed by atoms with Crippen molar-refractivity contribution in [2.75, 3.05) is 6.54 Å². The van der Waals surface area contributed by atoms with E-state index in [1.54, 1.807) is 5.56 Å². The van der Waals surface area contributed by atoms with Crippen LogP contribution in [0.25, 0.3) is 10.8 Å². The van der Waals surface area contributed by atoms with Gasteiger partial charge in [-0.05, 0) is 41.3 Å². The Labute approximate surface area is 126 Å². The molecule has 0 fully saturated rings. The lowest BCUT2D eigenvalue weighted by Gasteiger charge is -2.34. The average Bonchev–Trinajstić information content (AvgIpc) is 2.52. The van der Waals surface area contributed by atoms with Gasteiger partial charge in [-0.25, -0.2) is 0 Å². The third kappa shape index (κ3) is 2.47. The number of hydrogen-bond acceptors (Lipinski definition) is 2. The van der Waals surface area contributed by atoms with E-state index in [9.17, 15) is 0 Å². The van der Waals surface area contributed by atoms with Crippen molar-refractivity contribution in [3.63, 3.8) is 0 Å². The molecule has 0 spiro atoms. The molecule has 1 nitrogen and oxygen atoms in total. The zero-order chi connectivity index (χ0) is 13.9. The van der Waals surface area contributed by atoms with Crippen LogP contribution in [0.15, 0.2) is 36.4 Å². The molecule has 20 heavy (non-hydrogen) atoms. The monoisotopic (exact) mass is 285 g/mol. The molecule has 1 heterocycles. The lowest BCUT2D eigenvalue weighted by atomic mass is 9.92. The molecule has 2 aromatic carbocycles.